The van der Waals surface area contributed by atoms with Crippen molar-refractivity contribution in [2.75, 3.05) is 44.2 Å². The van der Waals surface area contributed by atoms with Crippen molar-refractivity contribution in [1.29, 1.82) is 0 Å². The molecule has 5 heterocycles. The number of nitrogens with one attached hydrogen (secondary N) is 1. The SMILES string of the molecule is Cc1cnn(C)c1-c1ccc(C(C)NC(=O)C2CCCN2C(=O)C(c2cc(N3CCC(CN4CCC(N=O)CC4)CC3)no2)C(C)C)cc1. The first kappa shape index (κ1) is 34.8. The van der Waals surface area contributed by atoms with E-state index in [0.29, 0.717) is 24.6 Å². The van der Waals surface area contributed by atoms with Crippen LogP contribution >= 0.6 is 0 Å². The third-order valence-corrected chi connectivity index (χ3v) is 10.9. The van der Waals surface area contributed by atoms with Gasteiger partial charge in [0.15, 0.2) is 11.6 Å². The minimum absolute atomic E-state index is 0.0182. The molecule has 0 bridgehead atoms. The molecule has 1 aromatic carbocycles. The van der Waals surface area contributed by atoms with Gasteiger partial charge in [-0.1, -0.05) is 48.4 Å². The predicted molar refractivity (Wildman–Crippen MR) is 189 cm³/mol. The maximum atomic E-state index is 14.1. The van der Waals surface area contributed by atoms with Gasteiger partial charge in [-0.2, -0.15) is 10.0 Å². The molecule has 3 aliphatic rings. The summed E-state index contributed by atoms with van der Waals surface area (Å²) in [5, 5.41) is 15.2. The number of carbonyl (C=O) groups excluding carboxylic acids is 2. The largest absolute Gasteiger partial charge is 0.358 e. The Kier molecular flexibility index (Phi) is 10.8. The van der Waals surface area contributed by atoms with Crippen molar-refractivity contribution in [3.05, 3.63) is 58.3 Å². The molecule has 2 amide bonds. The molecule has 1 N–H and O–H groups in total. The van der Waals surface area contributed by atoms with Crippen molar-refractivity contribution in [2.24, 2.45) is 24.1 Å². The number of hydrogen-bond acceptors (Lipinski definition) is 9. The highest BCUT2D eigenvalue weighted by atomic mass is 16.5. The fraction of sp³-hybridized carbons (Fsp3) is 0.622. The molecule has 3 saturated heterocycles. The van der Waals surface area contributed by atoms with Gasteiger partial charge in [-0.3, -0.25) is 14.3 Å². The summed E-state index contributed by atoms with van der Waals surface area (Å²) in [6.45, 7) is 13.4. The number of piperidine rings is 2. The minimum Gasteiger partial charge on any atom is -0.358 e. The Balaban J connectivity index is 1.04. The Hall–Kier alpha value is -4.06. The molecule has 12 nitrogen and oxygen atoms in total. The number of hydrogen-bond donors (Lipinski definition) is 1. The smallest absolute Gasteiger partial charge is 0.243 e. The quantitative estimate of drug-likeness (QED) is 0.267. The highest BCUT2D eigenvalue weighted by Crippen LogP contribution is 2.34. The second kappa shape index (κ2) is 15.2. The molecule has 0 aliphatic carbocycles. The molecule has 3 unspecified atom stereocenters. The van der Waals surface area contributed by atoms with Crippen LogP contribution in [0.5, 0.6) is 0 Å². The lowest BCUT2D eigenvalue weighted by atomic mass is 9.91. The Labute approximate surface area is 289 Å². The molecule has 0 spiro atoms. The Morgan fingerprint density at radius 3 is 2.35 bits per heavy atom. The van der Waals surface area contributed by atoms with Gasteiger partial charge < -0.3 is 24.5 Å². The lowest BCUT2D eigenvalue weighted by Crippen LogP contribution is -2.48. The first-order valence-electron chi connectivity index (χ1n) is 18.1. The molecule has 3 aromatic rings. The summed E-state index contributed by atoms with van der Waals surface area (Å²) >= 11 is 0. The first-order chi connectivity index (χ1) is 23.6. The fourth-order valence-corrected chi connectivity index (χ4v) is 7.99. The molecule has 0 saturated carbocycles. The van der Waals surface area contributed by atoms with E-state index in [1.165, 1.54) is 0 Å². The van der Waals surface area contributed by atoms with Crippen LogP contribution in [0.15, 0.2) is 46.2 Å². The second-order valence-electron chi connectivity index (χ2n) is 14.7. The van der Waals surface area contributed by atoms with Gasteiger partial charge in [0.1, 0.15) is 12.0 Å². The highest BCUT2D eigenvalue weighted by Gasteiger charge is 2.40. The van der Waals surface area contributed by atoms with Crippen LogP contribution in [0.4, 0.5) is 5.82 Å². The van der Waals surface area contributed by atoms with Gasteiger partial charge in [0.2, 0.25) is 11.8 Å². The molecular formula is C37H52N8O4. The van der Waals surface area contributed by atoms with Gasteiger partial charge in [-0.15, -0.1) is 0 Å². The highest BCUT2D eigenvalue weighted by molar-refractivity contribution is 5.91. The summed E-state index contributed by atoms with van der Waals surface area (Å²) in [5.74, 6) is 1.21. The third-order valence-electron chi connectivity index (χ3n) is 10.9. The fourth-order valence-electron chi connectivity index (χ4n) is 7.99. The standard InChI is InChI=1S/C37H52N8O4/c1-24(2)34(32-21-33(41-49-32)44-19-12-27(13-20-44)23-43-17-14-30(40-48)15-18-43)37(47)45-16-6-7-31(45)36(46)39-26(4)28-8-10-29(11-9-28)35-25(3)22-38-42(35)5/h8-11,21-22,24,26-27,30-31,34H,6-7,12-20,23H2,1-5H3,(H,39,46). The average molecular weight is 673 g/mol. The van der Waals surface area contributed by atoms with E-state index in [1.807, 2.05) is 63.8 Å². The molecule has 3 atom stereocenters. The Morgan fingerprint density at radius 2 is 1.71 bits per heavy atom. The zero-order chi connectivity index (χ0) is 34.7. The number of anilines is 1. The van der Waals surface area contributed by atoms with Crippen molar-refractivity contribution in [3.8, 4) is 11.3 Å². The number of nitroso groups, excluding NO2 is 1. The number of nitrogens with zero attached hydrogens (tertiary/aromatic N) is 7. The van der Waals surface area contributed by atoms with E-state index in [9.17, 15) is 14.5 Å². The van der Waals surface area contributed by atoms with Gasteiger partial charge >= 0.3 is 0 Å². The van der Waals surface area contributed by atoms with E-state index in [1.54, 1.807) is 4.90 Å². The monoisotopic (exact) mass is 672 g/mol. The number of benzene rings is 1. The maximum absolute atomic E-state index is 14.1. The minimum atomic E-state index is -0.519. The summed E-state index contributed by atoms with van der Waals surface area (Å²) in [7, 11) is 1.94. The lowest BCUT2D eigenvalue weighted by molar-refractivity contribution is -0.141. The topological polar surface area (TPSA) is 129 Å². The van der Waals surface area contributed by atoms with E-state index in [-0.39, 0.29) is 29.8 Å². The number of likely N-dealkylation sites (tertiary alicyclic amines) is 2. The molecule has 3 fully saturated rings. The number of carbonyl (C=O) groups is 2. The number of aromatic nitrogens is 3. The van der Waals surface area contributed by atoms with Gasteiger partial charge in [0.25, 0.3) is 0 Å². The summed E-state index contributed by atoms with van der Waals surface area (Å²) in [6.07, 6.45) is 7.14. The molecular weight excluding hydrogens is 620 g/mol. The summed E-state index contributed by atoms with van der Waals surface area (Å²) < 4.78 is 7.74. The Bertz CT molecular complexity index is 1560. The van der Waals surface area contributed by atoms with Crippen LogP contribution in [0.25, 0.3) is 11.3 Å². The van der Waals surface area contributed by atoms with Gasteiger partial charge in [0.05, 0.1) is 24.0 Å². The molecule has 3 aliphatic heterocycles. The molecule has 2 aromatic heterocycles. The van der Waals surface area contributed by atoms with Gasteiger partial charge in [0, 0.05) is 57.9 Å². The maximum Gasteiger partial charge on any atom is 0.243 e. The van der Waals surface area contributed by atoms with Crippen LogP contribution < -0.4 is 10.2 Å². The van der Waals surface area contributed by atoms with Gasteiger partial charge in [-0.25, -0.2) is 0 Å². The molecule has 49 heavy (non-hydrogen) atoms. The van der Waals surface area contributed by atoms with E-state index in [0.717, 1.165) is 93.0 Å². The number of amides is 2. The second-order valence-corrected chi connectivity index (χ2v) is 14.7. The lowest BCUT2D eigenvalue weighted by Gasteiger charge is -2.36. The summed E-state index contributed by atoms with van der Waals surface area (Å²) in [4.78, 5) is 45.1. The van der Waals surface area contributed by atoms with Crippen LogP contribution in [0.1, 0.15) is 88.1 Å². The zero-order valence-corrected chi connectivity index (χ0v) is 29.7. The van der Waals surface area contributed by atoms with Gasteiger partial charge in [-0.05, 0) is 75.3 Å². The normalized spacial score (nSPS) is 20.9. The van der Waals surface area contributed by atoms with Crippen LogP contribution in [-0.4, -0.2) is 87.9 Å². The van der Waals surface area contributed by atoms with Crippen LogP contribution in [-0.2, 0) is 16.6 Å². The predicted octanol–water partition coefficient (Wildman–Crippen LogP) is 5.44. The van der Waals surface area contributed by atoms with Crippen LogP contribution in [0.2, 0.25) is 0 Å². The molecule has 264 valence electrons. The zero-order valence-electron chi connectivity index (χ0n) is 29.7. The van der Waals surface area contributed by atoms with E-state index >= 15 is 0 Å². The van der Waals surface area contributed by atoms with Crippen molar-refractivity contribution >= 4 is 17.6 Å². The van der Waals surface area contributed by atoms with Crippen LogP contribution in [0.3, 0.4) is 0 Å². The first-order valence-corrected chi connectivity index (χ1v) is 18.1. The van der Waals surface area contributed by atoms with Crippen LogP contribution in [0, 0.1) is 23.7 Å². The third kappa shape index (κ3) is 7.74. The van der Waals surface area contributed by atoms with E-state index < -0.39 is 12.0 Å². The van der Waals surface area contributed by atoms with Crippen molar-refractivity contribution in [1.82, 2.24) is 30.1 Å². The molecule has 6 rings (SSSR count). The van der Waals surface area contributed by atoms with Crippen molar-refractivity contribution in [2.45, 2.75) is 90.3 Å². The Morgan fingerprint density at radius 1 is 1.00 bits per heavy atom. The summed E-state index contributed by atoms with van der Waals surface area (Å²) in [5.41, 5.74) is 4.27. The van der Waals surface area contributed by atoms with Crippen molar-refractivity contribution in [3.63, 3.8) is 0 Å². The van der Waals surface area contributed by atoms with E-state index in [4.69, 9.17) is 4.52 Å². The summed E-state index contributed by atoms with van der Waals surface area (Å²) in [6, 6.07) is 9.40. The number of rotatable bonds is 11. The molecule has 12 heteroatoms. The average Bonchev–Trinajstić information content (AvgIpc) is 3.86. The molecule has 0 radical (unpaired) electrons. The number of aryl methyl sites for hydroxylation is 2. The van der Waals surface area contributed by atoms with Crippen molar-refractivity contribution < 1.29 is 14.1 Å². The van der Waals surface area contributed by atoms with E-state index in [2.05, 4.69) is 42.7 Å².